The summed E-state index contributed by atoms with van der Waals surface area (Å²) in [7, 11) is 0. The van der Waals surface area contributed by atoms with Crippen LogP contribution in [0.25, 0.3) is 0 Å². The zero-order valence-corrected chi connectivity index (χ0v) is 9.84. The first-order valence-corrected chi connectivity index (χ1v) is 5.78. The van der Waals surface area contributed by atoms with Gasteiger partial charge in [-0.15, -0.1) is 0 Å². The van der Waals surface area contributed by atoms with Gasteiger partial charge < -0.3 is 15.1 Å². The van der Waals surface area contributed by atoms with E-state index < -0.39 is 11.8 Å². The van der Waals surface area contributed by atoms with Gasteiger partial charge in [0.25, 0.3) is 0 Å². The second-order valence-electron chi connectivity index (χ2n) is 4.47. The van der Waals surface area contributed by atoms with Gasteiger partial charge in [0.15, 0.2) is 5.67 Å². The maximum Gasteiger partial charge on any atom is 0.407 e. The van der Waals surface area contributed by atoms with Gasteiger partial charge in [-0.3, -0.25) is 4.98 Å². The molecule has 1 amide bonds. The Bertz CT molecular complexity index is 437. The summed E-state index contributed by atoms with van der Waals surface area (Å²) in [5.74, 6) is 0. The highest BCUT2D eigenvalue weighted by molar-refractivity contribution is 5.65. The molecular weight excluding hydrogens is 239 g/mol. The first-order valence-electron chi connectivity index (χ1n) is 5.78. The highest BCUT2D eigenvalue weighted by Gasteiger charge is 2.39. The third-order valence-corrected chi connectivity index (χ3v) is 3.22. The smallest absolute Gasteiger partial charge is 0.407 e. The molecular formula is C12H15FN2O3. The second-order valence-corrected chi connectivity index (χ2v) is 4.47. The first kappa shape index (κ1) is 12.8. The van der Waals surface area contributed by atoms with Gasteiger partial charge in [0.05, 0.1) is 18.8 Å². The number of likely N-dealkylation sites (tertiary alicyclic amines) is 1. The van der Waals surface area contributed by atoms with Gasteiger partial charge in [0.1, 0.15) is 0 Å². The van der Waals surface area contributed by atoms with E-state index >= 15 is 0 Å². The molecule has 0 spiro atoms. The lowest BCUT2D eigenvalue weighted by Crippen LogP contribution is -2.45. The molecule has 18 heavy (non-hydrogen) atoms. The molecule has 98 valence electrons. The number of nitrogens with zero attached hydrogens (tertiary/aromatic N) is 2. The van der Waals surface area contributed by atoms with Gasteiger partial charge >= 0.3 is 6.09 Å². The quantitative estimate of drug-likeness (QED) is 0.839. The van der Waals surface area contributed by atoms with Crippen molar-refractivity contribution in [3.8, 4) is 0 Å². The molecule has 1 fully saturated rings. The van der Waals surface area contributed by atoms with E-state index in [-0.39, 0.29) is 19.6 Å². The largest absolute Gasteiger partial charge is 0.465 e. The number of aromatic nitrogens is 1. The lowest BCUT2D eigenvalue weighted by atomic mass is 9.88. The van der Waals surface area contributed by atoms with Gasteiger partial charge in [-0.2, -0.15) is 0 Å². The van der Waals surface area contributed by atoms with E-state index in [2.05, 4.69) is 4.98 Å². The Kier molecular flexibility index (Phi) is 3.47. The highest BCUT2D eigenvalue weighted by atomic mass is 19.1. The fourth-order valence-corrected chi connectivity index (χ4v) is 2.19. The van der Waals surface area contributed by atoms with Gasteiger partial charge in [0.2, 0.25) is 0 Å². The van der Waals surface area contributed by atoms with Crippen LogP contribution in [0.2, 0.25) is 0 Å². The molecule has 1 aliphatic heterocycles. The number of aliphatic hydroxyl groups excluding tert-OH is 1. The number of alkyl halides is 1. The van der Waals surface area contributed by atoms with Crippen molar-refractivity contribution < 1.29 is 19.4 Å². The number of hydrogen-bond acceptors (Lipinski definition) is 3. The summed E-state index contributed by atoms with van der Waals surface area (Å²) < 4.78 is 14.7. The van der Waals surface area contributed by atoms with Crippen LogP contribution in [-0.4, -0.2) is 39.3 Å². The molecule has 0 radical (unpaired) electrons. The molecule has 6 heteroatoms. The zero-order valence-electron chi connectivity index (χ0n) is 9.84. The standard InChI is InChI=1S/C12H15FN2O3/c13-12(4-1-5-15(8-12)11(17)18)9-2-3-10(7-16)14-6-9/h2-3,6,16H,1,4-5,7-8H2,(H,17,18). The van der Waals surface area contributed by atoms with Gasteiger partial charge in [-0.25, -0.2) is 9.18 Å². The molecule has 5 nitrogen and oxygen atoms in total. The third-order valence-electron chi connectivity index (χ3n) is 3.22. The van der Waals surface area contributed by atoms with E-state index in [9.17, 15) is 9.18 Å². The summed E-state index contributed by atoms with van der Waals surface area (Å²) >= 11 is 0. The van der Waals surface area contributed by atoms with Crippen LogP contribution in [0.5, 0.6) is 0 Å². The number of halogens is 1. The Hall–Kier alpha value is -1.69. The summed E-state index contributed by atoms with van der Waals surface area (Å²) in [4.78, 5) is 15.9. The summed E-state index contributed by atoms with van der Waals surface area (Å²) in [6.45, 7) is 0.00641. The van der Waals surface area contributed by atoms with Crippen LogP contribution in [0, 0.1) is 0 Å². The molecule has 0 aromatic carbocycles. The van der Waals surface area contributed by atoms with Crippen molar-refractivity contribution in [2.45, 2.75) is 25.1 Å². The zero-order chi connectivity index (χ0) is 13.2. The van der Waals surface area contributed by atoms with E-state index in [1.807, 2.05) is 0 Å². The minimum atomic E-state index is -1.68. The van der Waals surface area contributed by atoms with E-state index in [0.29, 0.717) is 24.2 Å². The van der Waals surface area contributed by atoms with Crippen molar-refractivity contribution in [3.05, 3.63) is 29.6 Å². The molecule has 1 saturated heterocycles. The van der Waals surface area contributed by atoms with Crippen LogP contribution in [-0.2, 0) is 12.3 Å². The number of pyridine rings is 1. The number of carboxylic acid groups (broad SMARTS) is 1. The van der Waals surface area contributed by atoms with E-state index in [0.717, 1.165) is 4.90 Å². The molecule has 2 heterocycles. The summed E-state index contributed by atoms with van der Waals surface area (Å²) in [6, 6.07) is 3.11. The summed E-state index contributed by atoms with van der Waals surface area (Å²) in [5, 5.41) is 17.8. The van der Waals surface area contributed by atoms with Crippen molar-refractivity contribution in [2.75, 3.05) is 13.1 Å². The fraction of sp³-hybridized carbons (Fsp3) is 0.500. The predicted octanol–water partition coefficient (Wildman–Crippen LogP) is 1.51. The molecule has 0 bridgehead atoms. The Labute approximate surface area is 104 Å². The molecule has 0 aliphatic carbocycles. The minimum absolute atomic E-state index is 0.164. The maximum atomic E-state index is 14.7. The van der Waals surface area contributed by atoms with Crippen molar-refractivity contribution in [2.24, 2.45) is 0 Å². The summed E-state index contributed by atoms with van der Waals surface area (Å²) in [6.07, 6.45) is 1.05. The van der Waals surface area contributed by atoms with Crippen LogP contribution in [0.3, 0.4) is 0 Å². The Morgan fingerprint density at radius 1 is 1.56 bits per heavy atom. The van der Waals surface area contributed by atoms with Crippen LogP contribution in [0.1, 0.15) is 24.1 Å². The molecule has 2 rings (SSSR count). The van der Waals surface area contributed by atoms with Crippen molar-refractivity contribution in [1.29, 1.82) is 0 Å². The van der Waals surface area contributed by atoms with Crippen LogP contribution < -0.4 is 0 Å². The third kappa shape index (κ3) is 2.43. The fourth-order valence-electron chi connectivity index (χ4n) is 2.19. The molecule has 1 atom stereocenters. The topological polar surface area (TPSA) is 73.7 Å². The number of aliphatic hydroxyl groups is 1. The number of rotatable bonds is 2. The Morgan fingerprint density at radius 2 is 2.33 bits per heavy atom. The highest BCUT2D eigenvalue weighted by Crippen LogP contribution is 2.35. The number of amides is 1. The van der Waals surface area contributed by atoms with Gasteiger partial charge in [-0.05, 0) is 18.9 Å². The second kappa shape index (κ2) is 4.89. The van der Waals surface area contributed by atoms with E-state index in [1.54, 1.807) is 12.1 Å². The lowest BCUT2D eigenvalue weighted by Gasteiger charge is -2.36. The van der Waals surface area contributed by atoms with Crippen LogP contribution in [0.15, 0.2) is 18.3 Å². The molecule has 1 aromatic rings. The molecule has 1 unspecified atom stereocenters. The van der Waals surface area contributed by atoms with Crippen molar-refractivity contribution in [3.63, 3.8) is 0 Å². The molecule has 1 aromatic heterocycles. The SMILES string of the molecule is O=C(O)N1CCCC(F)(c2ccc(CO)nc2)C1. The number of piperidine rings is 1. The van der Waals surface area contributed by atoms with Crippen LogP contribution >= 0.6 is 0 Å². The van der Waals surface area contributed by atoms with E-state index in [1.165, 1.54) is 6.20 Å². The normalized spacial score (nSPS) is 24.0. The monoisotopic (exact) mass is 254 g/mol. The molecule has 2 N–H and O–H groups in total. The average molecular weight is 254 g/mol. The van der Waals surface area contributed by atoms with Crippen LogP contribution in [0.4, 0.5) is 9.18 Å². The van der Waals surface area contributed by atoms with Crippen molar-refractivity contribution >= 4 is 6.09 Å². The predicted molar refractivity (Wildman–Crippen MR) is 61.8 cm³/mol. The minimum Gasteiger partial charge on any atom is -0.465 e. The lowest BCUT2D eigenvalue weighted by molar-refractivity contribution is 0.0427. The van der Waals surface area contributed by atoms with Gasteiger partial charge in [0, 0.05) is 18.3 Å². The van der Waals surface area contributed by atoms with Gasteiger partial charge in [-0.1, -0.05) is 6.07 Å². The Balaban J connectivity index is 2.21. The molecule has 0 saturated carbocycles. The Morgan fingerprint density at radius 3 is 2.89 bits per heavy atom. The summed E-state index contributed by atoms with van der Waals surface area (Å²) in [5.41, 5.74) is -0.851. The number of hydrogen-bond donors (Lipinski definition) is 2. The number of carbonyl (C=O) groups is 1. The maximum absolute atomic E-state index is 14.7. The van der Waals surface area contributed by atoms with Crippen molar-refractivity contribution in [1.82, 2.24) is 9.88 Å². The average Bonchev–Trinajstić information content (AvgIpc) is 2.39. The molecule has 1 aliphatic rings. The van der Waals surface area contributed by atoms with E-state index in [4.69, 9.17) is 10.2 Å². The first-order chi connectivity index (χ1) is 8.55.